The van der Waals surface area contributed by atoms with Crippen LogP contribution in [0.3, 0.4) is 0 Å². The molecule has 1 atom stereocenters. The van der Waals surface area contributed by atoms with Crippen LogP contribution >= 0.6 is 11.8 Å². The van der Waals surface area contributed by atoms with Gasteiger partial charge in [0.1, 0.15) is 0 Å². The molecule has 0 saturated carbocycles. The predicted molar refractivity (Wildman–Crippen MR) is 98.1 cm³/mol. The Hall–Kier alpha value is -2.55. The van der Waals surface area contributed by atoms with Crippen molar-refractivity contribution in [2.75, 3.05) is 7.11 Å². The molecule has 2 N–H and O–H groups in total. The standard InChI is InChI=1S/C17H22N4O4S/c1-4-9-21-16(24)19-20-17(21)26-11(2)14(22)18-10-12-5-7-13(8-6-12)15(23)25-3/h5-8,11H,4,9-10H2,1-3H3,(H,18,22)(H,19,24). The van der Waals surface area contributed by atoms with E-state index in [1.54, 1.807) is 31.2 Å². The fraction of sp³-hybridized carbons (Fsp3) is 0.412. The molecule has 1 amide bonds. The van der Waals surface area contributed by atoms with Crippen molar-refractivity contribution < 1.29 is 14.3 Å². The Balaban J connectivity index is 1.91. The highest BCUT2D eigenvalue weighted by atomic mass is 32.2. The van der Waals surface area contributed by atoms with E-state index < -0.39 is 11.2 Å². The Bertz CT molecular complexity index is 813. The summed E-state index contributed by atoms with van der Waals surface area (Å²) in [6.45, 7) is 4.62. The van der Waals surface area contributed by atoms with Crippen molar-refractivity contribution >= 4 is 23.6 Å². The first-order chi connectivity index (χ1) is 12.5. The number of ether oxygens (including phenoxy) is 1. The summed E-state index contributed by atoms with van der Waals surface area (Å²) in [6, 6.07) is 6.82. The third-order valence-electron chi connectivity index (χ3n) is 3.66. The maximum Gasteiger partial charge on any atom is 0.343 e. The molecule has 0 aliphatic rings. The highest BCUT2D eigenvalue weighted by Crippen LogP contribution is 2.20. The van der Waals surface area contributed by atoms with Gasteiger partial charge in [-0.1, -0.05) is 30.8 Å². The molecule has 26 heavy (non-hydrogen) atoms. The van der Waals surface area contributed by atoms with Crippen molar-refractivity contribution in [2.45, 2.75) is 43.8 Å². The smallest absolute Gasteiger partial charge is 0.343 e. The van der Waals surface area contributed by atoms with Crippen LogP contribution in [-0.4, -0.2) is 39.0 Å². The maximum absolute atomic E-state index is 12.3. The van der Waals surface area contributed by atoms with Crippen molar-refractivity contribution in [3.63, 3.8) is 0 Å². The number of hydrogen-bond acceptors (Lipinski definition) is 6. The fourth-order valence-corrected chi connectivity index (χ4v) is 3.14. The number of benzene rings is 1. The molecule has 1 unspecified atom stereocenters. The van der Waals surface area contributed by atoms with Gasteiger partial charge >= 0.3 is 11.7 Å². The van der Waals surface area contributed by atoms with Gasteiger partial charge in [-0.3, -0.25) is 9.36 Å². The molecule has 2 rings (SSSR count). The number of aromatic nitrogens is 3. The van der Waals surface area contributed by atoms with Crippen LogP contribution < -0.4 is 11.0 Å². The van der Waals surface area contributed by atoms with Gasteiger partial charge in [0, 0.05) is 13.1 Å². The molecule has 140 valence electrons. The van der Waals surface area contributed by atoms with Crippen molar-refractivity contribution in [2.24, 2.45) is 0 Å². The average Bonchev–Trinajstić information content (AvgIpc) is 2.99. The Morgan fingerprint density at radius 1 is 1.35 bits per heavy atom. The zero-order valence-electron chi connectivity index (χ0n) is 14.9. The first kappa shape index (κ1) is 19.8. The predicted octanol–water partition coefficient (Wildman–Crippen LogP) is 1.56. The number of methoxy groups -OCH3 is 1. The lowest BCUT2D eigenvalue weighted by Gasteiger charge is -2.12. The third-order valence-corrected chi connectivity index (χ3v) is 4.75. The summed E-state index contributed by atoms with van der Waals surface area (Å²) in [4.78, 5) is 35.4. The van der Waals surface area contributed by atoms with E-state index in [4.69, 9.17) is 0 Å². The summed E-state index contributed by atoms with van der Waals surface area (Å²) in [5.41, 5.74) is 1.05. The van der Waals surface area contributed by atoms with Crippen LogP contribution in [0.2, 0.25) is 0 Å². The summed E-state index contributed by atoms with van der Waals surface area (Å²) >= 11 is 1.23. The van der Waals surface area contributed by atoms with Gasteiger partial charge in [-0.25, -0.2) is 14.7 Å². The number of H-pyrrole nitrogens is 1. The molecular weight excluding hydrogens is 356 g/mol. The second-order valence-corrected chi connectivity index (χ2v) is 6.94. The number of rotatable bonds is 8. The zero-order chi connectivity index (χ0) is 19.1. The van der Waals surface area contributed by atoms with E-state index >= 15 is 0 Å². The molecule has 0 spiro atoms. The van der Waals surface area contributed by atoms with Crippen LogP contribution in [-0.2, 0) is 22.6 Å². The topological polar surface area (TPSA) is 106 Å². The largest absolute Gasteiger partial charge is 0.465 e. The summed E-state index contributed by atoms with van der Waals surface area (Å²) in [6.07, 6.45) is 0.801. The Labute approximate surface area is 155 Å². The summed E-state index contributed by atoms with van der Waals surface area (Å²) in [5.74, 6) is -0.562. The summed E-state index contributed by atoms with van der Waals surface area (Å²) in [7, 11) is 1.33. The molecule has 0 radical (unpaired) electrons. The van der Waals surface area contributed by atoms with E-state index in [-0.39, 0.29) is 11.6 Å². The van der Waals surface area contributed by atoms with Gasteiger partial charge < -0.3 is 10.1 Å². The van der Waals surface area contributed by atoms with Gasteiger partial charge in [0.05, 0.1) is 17.9 Å². The molecule has 2 aromatic rings. The average molecular weight is 378 g/mol. The van der Waals surface area contributed by atoms with E-state index in [2.05, 4.69) is 20.3 Å². The minimum absolute atomic E-state index is 0.162. The molecule has 0 aliphatic heterocycles. The number of carbonyl (C=O) groups excluding carboxylic acids is 2. The minimum Gasteiger partial charge on any atom is -0.465 e. The van der Waals surface area contributed by atoms with Crippen molar-refractivity contribution in [3.05, 3.63) is 45.9 Å². The quantitative estimate of drug-likeness (QED) is 0.533. The summed E-state index contributed by atoms with van der Waals surface area (Å²) in [5, 5.41) is 9.32. The number of nitrogens with one attached hydrogen (secondary N) is 2. The van der Waals surface area contributed by atoms with E-state index in [9.17, 15) is 14.4 Å². The molecule has 0 bridgehead atoms. The van der Waals surface area contributed by atoms with Crippen LogP contribution in [0, 0.1) is 0 Å². The van der Waals surface area contributed by atoms with E-state index in [1.165, 1.54) is 23.4 Å². The lowest BCUT2D eigenvalue weighted by molar-refractivity contribution is -0.120. The zero-order valence-corrected chi connectivity index (χ0v) is 15.8. The van der Waals surface area contributed by atoms with Gasteiger partial charge in [-0.2, -0.15) is 0 Å². The monoisotopic (exact) mass is 378 g/mol. The minimum atomic E-state index is -0.407. The molecule has 8 nitrogen and oxygen atoms in total. The molecule has 9 heteroatoms. The molecule has 1 aromatic carbocycles. The van der Waals surface area contributed by atoms with Crippen molar-refractivity contribution in [1.82, 2.24) is 20.1 Å². The number of thioether (sulfide) groups is 1. The number of carbonyl (C=O) groups is 2. The van der Waals surface area contributed by atoms with E-state index in [0.717, 1.165) is 12.0 Å². The van der Waals surface area contributed by atoms with Crippen molar-refractivity contribution in [3.8, 4) is 0 Å². The second-order valence-electron chi connectivity index (χ2n) is 5.63. The number of esters is 1. The summed E-state index contributed by atoms with van der Waals surface area (Å²) < 4.78 is 6.17. The lowest BCUT2D eigenvalue weighted by Crippen LogP contribution is -2.30. The Morgan fingerprint density at radius 3 is 2.65 bits per heavy atom. The first-order valence-electron chi connectivity index (χ1n) is 8.23. The lowest BCUT2D eigenvalue weighted by atomic mass is 10.1. The molecule has 1 heterocycles. The van der Waals surface area contributed by atoms with Gasteiger partial charge in [-0.15, -0.1) is 5.10 Å². The number of nitrogens with zero attached hydrogens (tertiary/aromatic N) is 2. The molecular formula is C17H22N4O4S. The SMILES string of the molecule is CCCn1c(SC(C)C(=O)NCc2ccc(C(=O)OC)cc2)n[nH]c1=O. The third kappa shape index (κ3) is 4.98. The second kappa shape index (κ2) is 9.23. The van der Waals surface area contributed by atoms with Crippen LogP contribution in [0.15, 0.2) is 34.2 Å². The Kier molecular flexibility index (Phi) is 7.02. The highest BCUT2D eigenvalue weighted by molar-refractivity contribution is 8.00. The normalized spacial score (nSPS) is 11.8. The van der Waals surface area contributed by atoms with Gasteiger partial charge in [0.2, 0.25) is 5.91 Å². The van der Waals surface area contributed by atoms with Crippen molar-refractivity contribution in [1.29, 1.82) is 0 Å². The number of hydrogen-bond donors (Lipinski definition) is 2. The van der Waals surface area contributed by atoms with E-state index in [1.807, 2.05) is 6.92 Å². The van der Waals surface area contributed by atoms with Crippen LogP contribution in [0.25, 0.3) is 0 Å². The van der Waals surface area contributed by atoms with Crippen LogP contribution in [0.1, 0.15) is 36.2 Å². The maximum atomic E-state index is 12.3. The van der Waals surface area contributed by atoms with Gasteiger partial charge in [0.15, 0.2) is 5.16 Å². The Morgan fingerprint density at radius 2 is 2.04 bits per heavy atom. The van der Waals surface area contributed by atoms with Crippen LogP contribution in [0.5, 0.6) is 0 Å². The molecule has 1 aromatic heterocycles. The highest BCUT2D eigenvalue weighted by Gasteiger charge is 2.18. The van der Waals surface area contributed by atoms with E-state index in [0.29, 0.717) is 23.8 Å². The molecule has 0 fully saturated rings. The van der Waals surface area contributed by atoms with Crippen LogP contribution in [0.4, 0.5) is 0 Å². The first-order valence-corrected chi connectivity index (χ1v) is 9.11. The van der Waals surface area contributed by atoms with Gasteiger partial charge in [0.25, 0.3) is 0 Å². The number of aromatic amines is 1. The van der Waals surface area contributed by atoms with Gasteiger partial charge in [-0.05, 0) is 31.0 Å². The number of amides is 1. The molecule has 0 aliphatic carbocycles. The fourth-order valence-electron chi connectivity index (χ4n) is 2.24. The molecule has 0 saturated heterocycles.